The second-order valence-electron chi connectivity index (χ2n) is 5.73. The molecule has 0 saturated carbocycles. The van der Waals surface area contributed by atoms with Gasteiger partial charge in [-0.1, -0.05) is 27.7 Å². The average Bonchev–Trinajstić information content (AvgIpc) is 1.81. The molecule has 0 aromatic carbocycles. The topological polar surface area (TPSA) is 38.0 Å². The number of nitrogens with one attached hydrogen (secondary N) is 1. The van der Waals surface area contributed by atoms with E-state index in [0.717, 1.165) is 13.0 Å². The number of rotatable bonds is 5. The molecule has 0 aliphatic carbocycles. The number of nitrogens with two attached hydrogens (primary N) is 1. The third kappa shape index (κ3) is 6.05. The van der Waals surface area contributed by atoms with Gasteiger partial charge in [0.1, 0.15) is 0 Å². The van der Waals surface area contributed by atoms with Gasteiger partial charge < -0.3 is 11.1 Å². The molecule has 2 heteroatoms. The van der Waals surface area contributed by atoms with Crippen molar-refractivity contribution in [1.82, 2.24) is 5.32 Å². The van der Waals surface area contributed by atoms with E-state index in [-0.39, 0.29) is 11.0 Å². The van der Waals surface area contributed by atoms with Gasteiger partial charge in [0.2, 0.25) is 0 Å². The van der Waals surface area contributed by atoms with Gasteiger partial charge in [-0.05, 0) is 32.2 Å². The predicted octanol–water partition coefficient (Wildman–Crippen LogP) is 2.14. The molecule has 0 spiro atoms. The number of hydrogen-bond acceptors (Lipinski definition) is 2. The molecule has 80 valence electrons. The van der Waals surface area contributed by atoms with Crippen LogP contribution in [0, 0.1) is 5.41 Å². The van der Waals surface area contributed by atoms with Gasteiger partial charge in [-0.2, -0.15) is 0 Å². The van der Waals surface area contributed by atoms with E-state index in [1.165, 1.54) is 0 Å². The molecule has 0 rings (SSSR count). The lowest BCUT2D eigenvalue weighted by Gasteiger charge is -2.36. The molecular weight excluding hydrogens is 160 g/mol. The van der Waals surface area contributed by atoms with Crippen LogP contribution in [0.25, 0.3) is 0 Å². The zero-order valence-electron chi connectivity index (χ0n) is 10.1. The summed E-state index contributed by atoms with van der Waals surface area (Å²) in [4.78, 5) is 0. The van der Waals surface area contributed by atoms with Crippen molar-refractivity contribution in [2.24, 2.45) is 11.1 Å². The van der Waals surface area contributed by atoms with Gasteiger partial charge in [-0.3, -0.25) is 0 Å². The van der Waals surface area contributed by atoms with Gasteiger partial charge in [0.15, 0.2) is 0 Å². The minimum Gasteiger partial charge on any atom is -0.330 e. The van der Waals surface area contributed by atoms with Crippen LogP contribution >= 0.6 is 0 Å². The normalized spacial score (nSPS) is 13.8. The molecule has 13 heavy (non-hydrogen) atoms. The van der Waals surface area contributed by atoms with Crippen LogP contribution in [-0.4, -0.2) is 18.1 Å². The number of hydrogen-bond donors (Lipinski definition) is 2. The van der Waals surface area contributed by atoms with Crippen LogP contribution < -0.4 is 11.1 Å². The Kier molecular flexibility index (Phi) is 4.40. The van der Waals surface area contributed by atoms with Crippen LogP contribution in [0.1, 0.15) is 48.0 Å². The van der Waals surface area contributed by atoms with Crippen LogP contribution in [0.2, 0.25) is 0 Å². The van der Waals surface area contributed by atoms with E-state index in [0.29, 0.717) is 6.04 Å². The largest absolute Gasteiger partial charge is 0.330 e. The van der Waals surface area contributed by atoms with E-state index >= 15 is 0 Å². The van der Waals surface area contributed by atoms with Crippen molar-refractivity contribution in [1.29, 1.82) is 0 Å². The van der Waals surface area contributed by atoms with Gasteiger partial charge in [-0.25, -0.2) is 0 Å². The standard InChI is InChI=1S/C11H26N2/c1-9(2)13-11(5,6)7-10(3,4)8-12/h9,13H,7-8,12H2,1-6H3. The van der Waals surface area contributed by atoms with E-state index in [1.807, 2.05) is 0 Å². The zero-order valence-corrected chi connectivity index (χ0v) is 10.1. The first-order chi connectivity index (χ1) is 5.68. The highest BCUT2D eigenvalue weighted by atomic mass is 15.0. The van der Waals surface area contributed by atoms with Crippen molar-refractivity contribution in [2.45, 2.75) is 59.5 Å². The second-order valence-corrected chi connectivity index (χ2v) is 5.73. The molecular formula is C11H26N2. The van der Waals surface area contributed by atoms with Crippen LogP contribution in [0.4, 0.5) is 0 Å². The minimum absolute atomic E-state index is 0.178. The molecule has 3 N–H and O–H groups in total. The summed E-state index contributed by atoms with van der Waals surface area (Å²) in [5.74, 6) is 0. The Morgan fingerprint density at radius 1 is 1.15 bits per heavy atom. The van der Waals surface area contributed by atoms with Crippen molar-refractivity contribution in [3.8, 4) is 0 Å². The second kappa shape index (κ2) is 4.43. The Labute approximate surface area is 83.3 Å². The van der Waals surface area contributed by atoms with Crippen molar-refractivity contribution >= 4 is 0 Å². The maximum Gasteiger partial charge on any atom is 0.0133 e. The van der Waals surface area contributed by atoms with Gasteiger partial charge >= 0.3 is 0 Å². The summed E-state index contributed by atoms with van der Waals surface area (Å²) in [5, 5.41) is 3.55. The maximum atomic E-state index is 5.72. The third-order valence-corrected chi connectivity index (χ3v) is 2.15. The summed E-state index contributed by atoms with van der Waals surface area (Å²) in [6.45, 7) is 14.0. The first-order valence-electron chi connectivity index (χ1n) is 5.16. The molecule has 0 aromatic heterocycles. The molecule has 0 atom stereocenters. The summed E-state index contributed by atoms with van der Waals surface area (Å²) in [7, 11) is 0. The summed E-state index contributed by atoms with van der Waals surface area (Å²) >= 11 is 0. The Morgan fingerprint density at radius 3 is 1.92 bits per heavy atom. The van der Waals surface area contributed by atoms with Gasteiger partial charge in [0, 0.05) is 11.6 Å². The lowest BCUT2D eigenvalue weighted by molar-refractivity contribution is 0.218. The van der Waals surface area contributed by atoms with E-state index in [1.54, 1.807) is 0 Å². The molecule has 2 nitrogen and oxygen atoms in total. The molecule has 0 unspecified atom stereocenters. The van der Waals surface area contributed by atoms with Crippen LogP contribution in [-0.2, 0) is 0 Å². The highest BCUT2D eigenvalue weighted by Crippen LogP contribution is 2.26. The summed E-state index contributed by atoms with van der Waals surface area (Å²) in [6.07, 6.45) is 1.11. The van der Waals surface area contributed by atoms with Gasteiger partial charge in [-0.15, -0.1) is 0 Å². The Bertz CT molecular complexity index is 148. The molecule has 0 saturated heterocycles. The fourth-order valence-electron chi connectivity index (χ4n) is 2.10. The predicted molar refractivity (Wildman–Crippen MR) is 59.8 cm³/mol. The van der Waals surface area contributed by atoms with Gasteiger partial charge in [0.05, 0.1) is 0 Å². The molecule has 0 radical (unpaired) electrons. The SMILES string of the molecule is CC(C)NC(C)(C)CC(C)(C)CN. The minimum atomic E-state index is 0.178. The summed E-state index contributed by atoms with van der Waals surface area (Å²) < 4.78 is 0. The van der Waals surface area contributed by atoms with Crippen LogP contribution in [0.15, 0.2) is 0 Å². The molecule has 0 heterocycles. The fourth-order valence-corrected chi connectivity index (χ4v) is 2.10. The highest BCUT2D eigenvalue weighted by molar-refractivity contribution is 4.86. The van der Waals surface area contributed by atoms with E-state index in [4.69, 9.17) is 5.73 Å². The van der Waals surface area contributed by atoms with E-state index in [2.05, 4.69) is 46.9 Å². The van der Waals surface area contributed by atoms with Crippen molar-refractivity contribution in [2.75, 3.05) is 6.54 Å². The van der Waals surface area contributed by atoms with Crippen LogP contribution in [0.5, 0.6) is 0 Å². The Balaban J connectivity index is 4.16. The smallest absolute Gasteiger partial charge is 0.0133 e. The van der Waals surface area contributed by atoms with Crippen molar-refractivity contribution in [3.05, 3.63) is 0 Å². The first-order valence-corrected chi connectivity index (χ1v) is 5.16. The average molecular weight is 186 g/mol. The monoisotopic (exact) mass is 186 g/mol. The van der Waals surface area contributed by atoms with Crippen molar-refractivity contribution in [3.63, 3.8) is 0 Å². The maximum absolute atomic E-state index is 5.72. The zero-order chi connectivity index (χ0) is 10.7. The lowest BCUT2D eigenvalue weighted by atomic mass is 9.80. The van der Waals surface area contributed by atoms with Crippen molar-refractivity contribution < 1.29 is 0 Å². The summed E-state index contributed by atoms with van der Waals surface area (Å²) in [6, 6.07) is 0.531. The van der Waals surface area contributed by atoms with E-state index < -0.39 is 0 Å². The van der Waals surface area contributed by atoms with Gasteiger partial charge in [0.25, 0.3) is 0 Å². The Morgan fingerprint density at radius 2 is 1.62 bits per heavy atom. The molecule has 0 bridgehead atoms. The highest BCUT2D eigenvalue weighted by Gasteiger charge is 2.27. The lowest BCUT2D eigenvalue weighted by Crippen LogP contribution is -2.47. The quantitative estimate of drug-likeness (QED) is 0.690. The first kappa shape index (κ1) is 12.9. The van der Waals surface area contributed by atoms with E-state index in [9.17, 15) is 0 Å². The summed E-state index contributed by atoms with van der Waals surface area (Å²) in [5.41, 5.74) is 6.12. The molecule has 0 amide bonds. The third-order valence-electron chi connectivity index (χ3n) is 2.15. The molecule has 0 aliphatic heterocycles. The molecule has 0 aromatic rings. The van der Waals surface area contributed by atoms with Crippen LogP contribution in [0.3, 0.4) is 0 Å². The fraction of sp³-hybridized carbons (Fsp3) is 1.00. The Hall–Kier alpha value is -0.0800. The molecule has 0 aliphatic rings. The molecule has 0 fully saturated rings.